The molecule has 7 nitrogen and oxygen atoms in total. The molecule has 0 N–H and O–H groups in total. The highest BCUT2D eigenvalue weighted by molar-refractivity contribution is 6.30. The number of anilines is 1. The van der Waals surface area contributed by atoms with Crippen LogP contribution in [0.2, 0.25) is 5.02 Å². The Hall–Kier alpha value is -2.77. The van der Waals surface area contributed by atoms with E-state index in [1.807, 2.05) is 36.4 Å². The predicted octanol–water partition coefficient (Wildman–Crippen LogP) is 3.73. The Morgan fingerprint density at radius 1 is 0.966 bits per heavy atom. The van der Waals surface area contributed by atoms with Crippen molar-refractivity contribution < 1.29 is 13.9 Å². The van der Waals surface area contributed by atoms with Crippen LogP contribution >= 0.6 is 11.6 Å². The molecule has 4 rings (SSSR count). The van der Waals surface area contributed by atoms with Gasteiger partial charge in [-0.25, -0.2) is 0 Å². The first kappa shape index (κ1) is 19.5. The molecule has 152 valence electrons. The minimum Gasteiger partial charge on any atom is -0.493 e. The number of hydrogen-bond acceptors (Lipinski definition) is 7. The molecule has 0 aliphatic carbocycles. The van der Waals surface area contributed by atoms with E-state index >= 15 is 0 Å². The Bertz CT molecular complexity index is 970. The third kappa shape index (κ3) is 4.46. The van der Waals surface area contributed by atoms with E-state index < -0.39 is 0 Å². The maximum Gasteiger partial charge on any atom is 0.247 e. The minimum atomic E-state index is 0.471. The fourth-order valence-electron chi connectivity index (χ4n) is 3.43. The van der Waals surface area contributed by atoms with E-state index in [1.165, 1.54) is 0 Å². The van der Waals surface area contributed by atoms with Gasteiger partial charge in [-0.3, -0.25) is 4.90 Å². The molecule has 0 unspecified atom stereocenters. The molecule has 2 heterocycles. The van der Waals surface area contributed by atoms with Crippen molar-refractivity contribution in [3.8, 4) is 23.0 Å². The Labute approximate surface area is 174 Å². The third-order valence-electron chi connectivity index (χ3n) is 5.00. The van der Waals surface area contributed by atoms with Gasteiger partial charge in [0.25, 0.3) is 0 Å². The number of methoxy groups -OCH3 is 2. The first-order chi connectivity index (χ1) is 14.2. The lowest BCUT2D eigenvalue weighted by atomic mass is 10.2. The van der Waals surface area contributed by atoms with Gasteiger partial charge >= 0.3 is 0 Å². The van der Waals surface area contributed by atoms with E-state index in [2.05, 4.69) is 26.1 Å². The van der Waals surface area contributed by atoms with Crippen LogP contribution in [-0.4, -0.2) is 55.5 Å². The monoisotopic (exact) mass is 414 g/mol. The molecule has 1 aliphatic rings. The number of benzene rings is 2. The lowest BCUT2D eigenvalue weighted by Gasteiger charge is -2.35. The van der Waals surface area contributed by atoms with Crippen LogP contribution in [0.5, 0.6) is 11.5 Å². The van der Waals surface area contributed by atoms with Crippen molar-refractivity contribution in [2.45, 2.75) is 6.54 Å². The van der Waals surface area contributed by atoms with Gasteiger partial charge < -0.3 is 18.8 Å². The summed E-state index contributed by atoms with van der Waals surface area (Å²) in [6, 6.07) is 13.5. The van der Waals surface area contributed by atoms with Crippen LogP contribution < -0.4 is 14.4 Å². The molecule has 8 heteroatoms. The number of aromatic nitrogens is 2. The highest BCUT2D eigenvalue weighted by Crippen LogP contribution is 2.31. The van der Waals surface area contributed by atoms with Crippen molar-refractivity contribution in [3.05, 3.63) is 53.4 Å². The average molecular weight is 415 g/mol. The van der Waals surface area contributed by atoms with E-state index in [0.29, 0.717) is 29.8 Å². The molecule has 1 fully saturated rings. The second-order valence-corrected chi connectivity index (χ2v) is 7.25. The van der Waals surface area contributed by atoms with E-state index in [9.17, 15) is 0 Å². The molecule has 0 spiro atoms. The fraction of sp³-hybridized carbons (Fsp3) is 0.333. The first-order valence-corrected chi connectivity index (χ1v) is 9.81. The molecule has 0 radical (unpaired) electrons. The maximum absolute atomic E-state index is 6.11. The zero-order chi connectivity index (χ0) is 20.2. The summed E-state index contributed by atoms with van der Waals surface area (Å²) >= 11 is 6.11. The van der Waals surface area contributed by atoms with Crippen LogP contribution in [0.3, 0.4) is 0 Å². The van der Waals surface area contributed by atoms with Crippen molar-refractivity contribution in [3.63, 3.8) is 0 Å². The first-order valence-electron chi connectivity index (χ1n) is 9.44. The number of rotatable bonds is 6. The summed E-state index contributed by atoms with van der Waals surface area (Å²) in [7, 11) is 3.21. The largest absolute Gasteiger partial charge is 0.493 e. The van der Waals surface area contributed by atoms with Gasteiger partial charge in [0.1, 0.15) is 0 Å². The van der Waals surface area contributed by atoms with Crippen LogP contribution in [0.4, 0.5) is 5.69 Å². The summed E-state index contributed by atoms with van der Waals surface area (Å²) in [5.74, 6) is 2.36. The fourth-order valence-corrected chi connectivity index (χ4v) is 3.62. The van der Waals surface area contributed by atoms with Gasteiger partial charge in [-0.2, -0.15) is 0 Å². The van der Waals surface area contributed by atoms with Crippen LogP contribution in [0.1, 0.15) is 5.89 Å². The summed E-state index contributed by atoms with van der Waals surface area (Å²) in [6.45, 7) is 4.32. The smallest absolute Gasteiger partial charge is 0.247 e. The number of hydrogen-bond donors (Lipinski definition) is 0. The molecule has 0 bridgehead atoms. The van der Waals surface area contributed by atoms with Crippen LogP contribution in [0.15, 0.2) is 46.9 Å². The maximum atomic E-state index is 6.11. The number of ether oxygens (including phenoxy) is 2. The van der Waals surface area contributed by atoms with Crippen molar-refractivity contribution in [2.75, 3.05) is 45.3 Å². The topological polar surface area (TPSA) is 63.9 Å². The van der Waals surface area contributed by atoms with Crippen molar-refractivity contribution in [1.82, 2.24) is 15.1 Å². The Morgan fingerprint density at radius 2 is 1.76 bits per heavy atom. The zero-order valence-electron chi connectivity index (χ0n) is 16.5. The Kier molecular flexibility index (Phi) is 5.87. The van der Waals surface area contributed by atoms with Gasteiger partial charge in [0.2, 0.25) is 11.8 Å². The average Bonchev–Trinajstić information content (AvgIpc) is 3.22. The summed E-state index contributed by atoms with van der Waals surface area (Å²) < 4.78 is 16.5. The van der Waals surface area contributed by atoms with Gasteiger partial charge in [0, 0.05) is 42.5 Å². The number of nitrogens with zero attached hydrogens (tertiary/aromatic N) is 4. The van der Waals surface area contributed by atoms with Gasteiger partial charge in [0.15, 0.2) is 11.5 Å². The summed E-state index contributed by atoms with van der Waals surface area (Å²) in [5.41, 5.74) is 1.96. The normalized spacial score (nSPS) is 14.8. The standard InChI is InChI=1S/C21H23ClN4O3/c1-27-18-7-6-15(12-19(18)28-2)21-24-23-20(29-21)14-25-8-10-26(11-9-25)17-5-3-4-16(22)13-17/h3-7,12-13H,8-11,14H2,1-2H3. The van der Waals surface area contributed by atoms with Gasteiger partial charge in [0.05, 0.1) is 20.8 Å². The molecule has 1 aliphatic heterocycles. The molecule has 29 heavy (non-hydrogen) atoms. The number of piperazine rings is 1. The molecule has 1 saturated heterocycles. The molecular formula is C21H23ClN4O3. The second-order valence-electron chi connectivity index (χ2n) is 6.81. The quantitative estimate of drug-likeness (QED) is 0.608. The third-order valence-corrected chi connectivity index (χ3v) is 5.24. The van der Waals surface area contributed by atoms with Gasteiger partial charge in [-0.05, 0) is 36.4 Å². The molecule has 0 atom stereocenters. The lowest BCUT2D eigenvalue weighted by molar-refractivity contribution is 0.227. The number of halogens is 1. The molecule has 2 aromatic carbocycles. The minimum absolute atomic E-state index is 0.471. The van der Waals surface area contributed by atoms with Gasteiger partial charge in [-0.1, -0.05) is 17.7 Å². The van der Waals surface area contributed by atoms with Crippen LogP contribution in [-0.2, 0) is 6.54 Å². The van der Waals surface area contributed by atoms with Gasteiger partial charge in [-0.15, -0.1) is 10.2 Å². The van der Waals surface area contributed by atoms with Crippen molar-refractivity contribution in [2.24, 2.45) is 0 Å². The lowest BCUT2D eigenvalue weighted by Crippen LogP contribution is -2.46. The summed E-state index contributed by atoms with van der Waals surface area (Å²) in [6.07, 6.45) is 0. The molecule has 3 aromatic rings. The Balaban J connectivity index is 1.38. The molecular weight excluding hydrogens is 392 g/mol. The second kappa shape index (κ2) is 8.71. The highest BCUT2D eigenvalue weighted by Gasteiger charge is 2.20. The summed E-state index contributed by atoms with van der Waals surface area (Å²) in [5, 5.41) is 9.16. The van der Waals surface area contributed by atoms with E-state index in [4.69, 9.17) is 25.5 Å². The van der Waals surface area contributed by atoms with Crippen molar-refractivity contribution >= 4 is 17.3 Å². The van der Waals surface area contributed by atoms with Crippen LogP contribution in [0, 0.1) is 0 Å². The SMILES string of the molecule is COc1ccc(-c2nnc(CN3CCN(c4cccc(Cl)c4)CC3)o2)cc1OC. The predicted molar refractivity (Wildman–Crippen MR) is 112 cm³/mol. The summed E-state index contributed by atoms with van der Waals surface area (Å²) in [4.78, 5) is 4.65. The highest BCUT2D eigenvalue weighted by atomic mass is 35.5. The molecule has 0 amide bonds. The zero-order valence-corrected chi connectivity index (χ0v) is 17.2. The van der Waals surface area contributed by atoms with Crippen molar-refractivity contribution in [1.29, 1.82) is 0 Å². The molecule has 1 aromatic heterocycles. The van der Waals surface area contributed by atoms with Crippen LogP contribution in [0.25, 0.3) is 11.5 Å². The van der Waals surface area contributed by atoms with E-state index in [1.54, 1.807) is 14.2 Å². The molecule has 0 saturated carbocycles. The van der Waals surface area contributed by atoms with E-state index in [-0.39, 0.29) is 0 Å². The Morgan fingerprint density at radius 3 is 2.48 bits per heavy atom. The van der Waals surface area contributed by atoms with E-state index in [0.717, 1.165) is 42.5 Å².